The molecule has 45 heavy (non-hydrogen) atoms. The minimum Gasteiger partial charge on any atom is -0.379 e. The van der Waals surface area contributed by atoms with Crippen molar-refractivity contribution in [1.29, 1.82) is 0 Å². The molecule has 270 valence electrons. The Morgan fingerprint density at radius 1 is 0.622 bits per heavy atom. The summed E-state index contributed by atoms with van der Waals surface area (Å²) in [5.74, 6) is 2.98. The van der Waals surface area contributed by atoms with Crippen LogP contribution < -0.4 is 0 Å². The van der Waals surface area contributed by atoms with E-state index in [-0.39, 0.29) is 0 Å². The molecule has 5 aliphatic rings. The van der Waals surface area contributed by atoms with Gasteiger partial charge in [-0.2, -0.15) is 0 Å². The normalized spacial score (nSPS) is 25.9. The van der Waals surface area contributed by atoms with Gasteiger partial charge in [-0.3, -0.25) is 19.6 Å². The fourth-order valence-electron chi connectivity index (χ4n) is 6.21. The van der Waals surface area contributed by atoms with Gasteiger partial charge in [-0.25, -0.2) is 4.39 Å². The third kappa shape index (κ3) is 18.1. The molecule has 8 heteroatoms. The van der Waals surface area contributed by atoms with Crippen molar-refractivity contribution in [3.8, 4) is 0 Å². The molecule has 5 rings (SSSR count). The van der Waals surface area contributed by atoms with Gasteiger partial charge in [0.2, 0.25) is 0 Å². The lowest BCUT2D eigenvalue weighted by atomic mass is 9.94. The standard InChI is InChI=1S/C9H18.C8H18N2.2C7H15NO.C6H12FN/c1-7(2)9-5-4-8(3)6-9;1-8(2)10-6-4-9(3)5-7-10;1-6(2)8-4-7(5-8)9-3;1-7(2)8-3-5-9-6-4-8;1-5(2)8-3-6(7)4-8/h7-9H,4-6H2,1-3H3;8H,4-7H2,1-3H3;6-7H,4-5H2,1-3H3;7H,3-6H2,1-2H3;5-6H,3-4H2,1-2H3. The number of hydrogen-bond acceptors (Lipinski definition) is 7. The molecule has 0 aromatic heterocycles. The SMILES string of the molecule is CC(C)N1CC(F)C1.CC(C)N1CCN(C)CC1.CC(C)N1CCOCC1.CC1CCC(C(C)C)C1.COC1CN(C(C)C)C1. The summed E-state index contributed by atoms with van der Waals surface area (Å²) >= 11 is 0. The van der Waals surface area contributed by atoms with E-state index < -0.39 is 6.17 Å². The summed E-state index contributed by atoms with van der Waals surface area (Å²) in [6.07, 6.45) is 4.41. The minimum atomic E-state index is -0.544. The molecule has 0 aromatic carbocycles. The predicted molar refractivity (Wildman–Crippen MR) is 192 cm³/mol. The van der Waals surface area contributed by atoms with Crippen molar-refractivity contribution < 1.29 is 13.9 Å². The van der Waals surface area contributed by atoms with Crippen molar-refractivity contribution in [3.63, 3.8) is 0 Å². The van der Waals surface area contributed by atoms with Crippen molar-refractivity contribution in [2.24, 2.45) is 17.8 Å². The van der Waals surface area contributed by atoms with Crippen LogP contribution in [-0.2, 0) is 9.47 Å². The Hall–Kier alpha value is -0.350. The Kier molecular flexibility index (Phi) is 21.9. The number of alkyl halides is 1. The number of methoxy groups -OCH3 is 1. The Bertz CT molecular complexity index is 690. The van der Waals surface area contributed by atoms with Crippen LogP contribution >= 0.6 is 0 Å². The fourth-order valence-corrected chi connectivity index (χ4v) is 6.21. The summed E-state index contributed by atoms with van der Waals surface area (Å²) in [5, 5.41) is 0. The quantitative estimate of drug-likeness (QED) is 0.340. The number of ether oxygens (including phenoxy) is 2. The first kappa shape index (κ1) is 42.7. The lowest BCUT2D eigenvalue weighted by molar-refractivity contribution is -0.0437. The molecule has 0 radical (unpaired) electrons. The van der Waals surface area contributed by atoms with Crippen LogP contribution in [0.15, 0.2) is 0 Å². The third-order valence-electron chi connectivity index (χ3n) is 10.3. The molecule has 0 bridgehead atoms. The highest BCUT2D eigenvalue weighted by Crippen LogP contribution is 2.34. The maximum absolute atomic E-state index is 12.1. The minimum absolute atomic E-state index is 0.507. The van der Waals surface area contributed by atoms with E-state index in [1.54, 1.807) is 7.11 Å². The zero-order chi connectivity index (χ0) is 34.1. The Labute approximate surface area is 280 Å². The number of piperazine rings is 1. The molecule has 2 unspecified atom stereocenters. The monoisotopic (exact) mass is 644 g/mol. The fraction of sp³-hybridized carbons (Fsp3) is 1.00. The molecule has 4 aliphatic heterocycles. The summed E-state index contributed by atoms with van der Waals surface area (Å²) < 4.78 is 22.4. The first-order valence-electron chi connectivity index (χ1n) is 18.5. The van der Waals surface area contributed by atoms with E-state index in [2.05, 4.69) is 108 Å². The predicted octanol–water partition coefficient (Wildman–Crippen LogP) is 6.22. The van der Waals surface area contributed by atoms with Crippen molar-refractivity contribution in [2.75, 3.05) is 92.8 Å². The molecule has 7 nitrogen and oxygen atoms in total. The van der Waals surface area contributed by atoms with Gasteiger partial charge in [0, 0.05) is 96.7 Å². The summed E-state index contributed by atoms with van der Waals surface area (Å²) in [5.41, 5.74) is 0. The van der Waals surface area contributed by atoms with Crippen LogP contribution in [0.4, 0.5) is 4.39 Å². The van der Waals surface area contributed by atoms with Crippen LogP contribution in [0.1, 0.15) is 95.4 Å². The highest BCUT2D eigenvalue weighted by atomic mass is 19.1. The molecular formula is C37H78FN5O2. The van der Waals surface area contributed by atoms with E-state index in [0.717, 1.165) is 63.2 Å². The number of hydrogen-bond donors (Lipinski definition) is 0. The lowest BCUT2D eigenvalue weighted by Crippen LogP contribution is -2.54. The maximum Gasteiger partial charge on any atom is 0.125 e. The molecule has 0 spiro atoms. The van der Waals surface area contributed by atoms with Gasteiger partial charge in [-0.15, -0.1) is 0 Å². The maximum atomic E-state index is 12.1. The summed E-state index contributed by atoms with van der Waals surface area (Å²) in [6.45, 7) is 37.2. The van der Waals surface area contributed by atoms with E-state index in [9.17, 15) is 4.39 Å². The Morgan fingerprint density at radius 3 is 1.36 bits per heavy atom. The topological polar surface area (TPSA) is 34.7 Å². The van der Waals surface area contributed by atoms with E-state index in [4.69, 9.17) is 9.47 Å². The summed E-state index contributed by atoms with van der Waals surface area (Å²) in [4.78, 5) is 11.9. The van der Waals surface area contributed by atoms with Crippen LogP contribution in [0, 0.1) is 17.8 Å². The number of likely N-dealkylation sites (N-methyl/N-ethyl adjacent to an activating group) is 1. The average molecular weight is 644 g/mol. The van der Waals surface area contributed by atoms with Gasteiger partial charge in [-0.05, 0) is 93.0 Å². The second-order valence-electron chi connectivity index (χ2n) is 15.6. The molecule has 4 heterocycles. The second kappa shape index (κ2) is 23.1. The van der Waals surface area contributed by atoms with Crippen molar-refractivity contribution in [2.45, 2.75) is 132 Å². The summed E-state index contributed by atoms with van der Waals surface area (Å²) in [7, 11) is 3.97. The highest BCUT2D eigenvalue weighted by Gasteiger charge is 2.28. The van der Waals surface area contributed by atoms with Crippen LogP contribution in [0.2, 0.25) is 0 Å². The van der Waals surface area contributed by atoms with Crippen molar-refractivity contribution in [3.05, 3.63) is 0 Å². The van der Waals surface area contributed by atoms with Crippen LogP contribution in [-0.4, -0.2) is 154 Å². The number of nitrogens with zero attached hydrogens (tertiary/aromatic N) is 5. The average Bonchev–Trinajstić information content (AvgIpc) is 3.39. The Morgan fingerprint density at radius 2 is 1.07 bits per heavy atom. The largest absolute Gasteiger partial charge is 0.379 e. The number of rotatable bonds is 6. The van der Waals surface area contributed by atoms with Gasteiger partial charge in [0.05, 0.1) is 19.3 Å². The van der Waals surface area contributed by atoms with Crippen molar-refractivity contribution in [1.82, 2.24) is 24.5 Å². The first-order chi connectivity index (χ1) is 21.1. The number of likely N-dealkylation sites (tertiary alicyclic amines) is 2. The van der Waals surface area contributed by atoms with Gasteiger partial charge in [-0.1, -0.05) is 27.2 Å². The molecule has 5 fully saturated rings. The number of morpholine rings is 1. The molecule has 0 amide bonds. The molecular weight excluding hydrogens is 565 g/mol. The van der Waals surface area contributed by atoms with Crippen LogP contribution in [0.5, 0.6) is 0 Å². The first-order valence-corrected chi connectivity index (χ1v) is 18.5. The van der Waals surface area contributed by atoms with Gasteiger partial charge in [0.15, 0.2) is 0 Å². The molecule has 4 saturated heterocycles. The van der Waals surface area contributed by atoms with E-state index in [0.29, 0.717) is 37.3 Å². The summed E-state index contributed by atoms with van der Waals surface area (Å²) in [6, 6.07) is 2.64. The smallest absolute Gasteiger partial charge is 0.125 e. The van der Waals surface area contributed by atoms with Crippen molar-refractivity contribution >= 4 is 0 Å². The number of halogens is 1. The molecule has 2 atom stereocenters. The molecule has 0 N–H and O–H groups in total. The van der Waals surface area contributed by atoms with Crippen LogP contribution in [0.25, 0.3) is 0 Å². The van der Waals surface area contributed by atoms with Crippen LogP contribution in [0.3, 0.4) is 0 Å². The van der Waals surface area contributed by atoms with Gasteiger partial charge < -0.3 is 14.4 Å². The van der Waals surface area contributed by atoms with Gasteiger partial charge in [0.25, 0.3) is 0 Å². The van der Waals surface area contributed by atoms with Gasteiger partial charge in [0.1, 0.15) is 6.17 Å². The highest BCUT2D eigenvalue weighted by molar-refractivity contribution is 4.82. The molecule has 1 saturated carbocycles. The van der Waals surface area contributed by atoms with E-state index in [1.807, 2.05) is 0 Å². The van der Waals surface area contributed by atoms with E-state index in [1.165, 1.54) is 45.4 Å². The lowest BCUT2D eigenvalue weighted by Gasteiger charge is -2.40. The van der Waals surface area contributed by atoms with Gasteiger partial charge >= 0.3 is 0 Å². The van der Waals surface area contributed by atoms with E-state index >= 15 is 0 Å². The molecule has 1 aliphatic carbocycles. The Balaban J connectivity index is 0.000000282. The molecule has 0 aromatic rings. The third-order valence-corrected chi connectivity index (χ3v) is 10.3. The zero-order valence-electron chi connectivity index (χ0n) is 32.2. The second-order valence-corrected chi connectivity index (χ2v) is 15.6. The zero-order valence-corrected chi connectivity index (χ0v) is 32.2.